The number of aromatic nitrogens is 3. The fourth-order valence-electron chi connectivity index (χ4n) is 5.02. The van der Waals surface area contributed by atoms with E-state index >= 15 is 0 Å². The van der Waals surface area contributed by atoms with Gasteiger partial charge in [-0.1, -0.05) is 76.6 Å². The van der Waals surface area contributed by atoms with Crippen molar-refractivity contribution in [2.24, 2.45) is 14.1 Å². The number of para-hydroxylation sites is 2. The summed E-state index contributed by atoms with van der Waals surface area (Å²) in [6, 6.07) is 25.8. The molecule has 1 aliphatic heterocycles. The number of aryl methyl sites for hydroxylation is 1. The second-order valence-corrected chi connectivity index (χ2v) is 9.34. The van der Waals surface area contributed by atoms with Crippen LogP contribution in [0.5, 0.6) is 0 Å². The van der Waals surface area contributed by atoms with Crippen LogP contribution in [0.3, 0.4) is 0 Å². The molecule has 0 fully saturated rings. The second kappa shape index (κ2) is 7.60. The van der Waals surface area contributed by atoms with Crippen molar-refractivity contribution in [2.75, 3.05) is 5.32 Å². The first-order chi connectivity index (χ1) is 16.5. The summed E-state index contributed by atoms with van der Waals surface area (Å²) >= 11 is 3.70. The Kier molecular flexibility index (Phi) is 4.64. The van der Waals surface area contributed by atoms with Crippen molar-refractivity contribution in [2.45, 2.75) is 6.04 Å². The van der Waals surface area contributed by atoms with Crippen molar-refractivity contribution in [3.63, 3.8) is 0 Å². The molecule has 1 N–H and O–H groups in total. The van der Waals surface area contributed by atoms with Crippen molar-refractivity contribution in [3.8, 4) is 16.9 Å². The molecule has 1 atom stereocenters. The number of benzene rings is 3. The molecule has 34 heavy (non-hydrogen) atoms. The topological polar surface area (TPSA) is 61.0 Å². The van der Waals surface area contributed by atoms with Crippen molar-refractivity contribution < 1.29 is 0 Å². The lowest BCUT2D eigenvalue weighted by atomic mass is 9.99. The van der Waals surface area contributed by atoms with E-state index in [-0.39, 0.29) is 17.3 Å². The quantitative estimate of drug-likeness (QED) is 0.363. The molecule has 2 aromatic heterocycles. The molecule has 3 aromatic carbocycles. The van der Waals surface area contributed by atoms with Gasteiger partial charge in [-0.15, -0.1) is 0 Å². The Balaban J connectivity index is 1.90. The summed E-state index contributed by atoms with van der Waals surface area (Å²) in [4.78, 5) is 26.8. The predicted molar refractivity (Wildman–Crippen MR) is 139 cm³/mol. The minimum absolute atomic E-state index is 0.257. The van der Waals surface area contributed by atoms with E-state index in [1.54, 1.807) is 11.6 Å². The third kappa shape index (κ3) is 2.80. The molecule has 0 saturated carbocycles. The Morgan fingerprint density at radius 1 is 0.824 bits per heavy atom. The highest BCUT2D eigenvalue weighted by Gasteiger charge is 2.34. The SMILES string of the molecule is Cn1c(=O)c2c(-c3ccccc3Br)n3c(c2n(C)c1=O)C(c1ccccc1)Nc1ccccc1-3. The third-order valence-corrected chi connectivity index (χ3v) is 7.28. The minimum atomic E-state index is -0.352. The van der Waals surface area contributed by atoms with Gasteiger partial charge in [-0.25, -0.2) is 4.79 Å². The van der Waals surface area contributed by atoms with Gasteiger partial charge < -0.3 is 9.88 Å². The number of hydrogen-bond donors (Lipinski definition) is 1. The molecule has 0 saturated heterocycles. The molecular formula is C27H21BrN4O2. The number of anilines is 1. The van der Waals surface area contributed by atoms with Crippen LogP contribution < -0.4 is 16.6 Å². The van der Waals surface area contributed by atoms with Crippen LogP contribution in [0, 0.1) is 0 Å². The van der Waals surface area contributed by atoms with Crippen molar-refractivity contribution in [1.29, 1.82) is 0 Å². The molecule has 0 aliphatic carbocycles. The zero-order valence-electron chi connectivity index (χ0n) is 18.6. The zero-order chi connectivity index (χ0) is 23.6. The Morgan fingerprint density at radius 3 is 2.26 bits per heavy atom. The monoisotopic (exact) mass is 512 g/mol. The number of nitrogens with one attached hydrogen (secondary N) is 1. The summed E-state index contributed by atoms with van der Waals surface area (Å²) in [5.74, 6) is 0. The van der Waals surface area contributed by atoms with Crippen LogP contribution in [-0.2, 0) is 14.1 Å². The zero-order valence-corrected chi connectivity index (χ0v) is 20.2. The van der Waals surface area contributed by atoms with E-state index in [4.69, 9.17) is 0 Å². The van der Waals surface area contributed by atoms with Crippen LogP contribution in [0.25, 0.3) is 27.8 Å². The minimum Gasteiger partial charge on any atom is -0.371 e. The van der Waals surface area contributed by atoms with E-state index in [1.165, 1.54) is 11.6 Å². The van der Waals surface area contributed by atoms with Gasteiger partial charge in [0.15, 0.2) is 0 Å². The van der Waals surface area contributed by atoms with E-state index < -0.39 is 0 Å². The number of fused-ring (bicyclic) bond motifs is 5. The van der Waals surface area contributed by atoms with Gasteiger partial charge in [-0.3, -0.25) is 13.9 Å². The molecule has 0 radical (unpaired) electrons. The average Bonchev–Trinajstić information content (AvgIpc) is 3.23. The highest BCUT2D eigenvalue weighted by Crippen LogP contribution is 2.46. The molecule has 0 bridgehead atoms. The molecule has 1 unspecified atom stereocenters. The van der Waals surface area contributed by atoms with Gasteiger partial charge in [0.05, 0.1) is 39.7 Å². The third-order valence-electron chi connectivity index (χ3n) is 6.59. The molecule has 1 aliphatic rings. The van der Waals surface area contributed by atoms with E-state index in [0.29, 0.717) is 10.9 Å². The smallest absolute Gasteiger partial charge is 0.331 e. The van der Waals surface area contributed by atoms with E-state index in [2.05, 4.69) is 37.9 Å². The lowest BCUT2D eigenvalue weighted by Gasteiger charge is -2.31. The van der Waals surface area contributed by atoms with Crippen LogP contribution >= 0.6 is 15.9 Å². The lowest BCUT2D eigenvalue weighted by molar-refractivity contribution is 0.708. The fraction of sp³-hybridized carbons (Fsp3) is 0.111. The second-order valence-electron chi connectivity index (χ2n) is 8.48. The van der Waals surface area contributed by atoms with Crippen LogP contribution in [0.2, 0.25) is 0 Å². The fourth-order valence-corrected chi connectivity index (χ4v) is 5.49. The molecular weight excluding hydrogens is 492 g/mol. The normalized spacial score (nSPS) is 14.5. The summed E-state index contributed by atoms with van der Waals surface area (Å²) < 4.78 is 5.80. The predicted octanol–water partition coefficient (Wildman–Crippen LogP) is 4.97. The summed E-state index contributed by atoms with van der Waals surface area (Å²) in [6.07, 6.45) is 0. The molecule has 7 heteroatoms. The summed E-state index contributed by atoms with van der Waals surface area (Å²) in [5, 5.41) is 4.18. The maximum Gasteiger partial charge on any atom is 0.331 e. The summed E-state index contributed by atoms with van der Waals surface area (Å²) in [5.41, 5.74) is 5.43. The largest absolute Gasteiger partial charge is 0.371 e. The molecule has 0 amide bonds. The van der Waals surface area contributed by atoms with E-state index in [0.717, 1.165) is 38.4 Å². The van der Waals surface area contributed by atoms with Gasteiger partial charge in [0.2, 0.25) is 0 Å². The lowest BCUT2D eigenvalue weighted by Crippen LogP contribution is -2.37. The first-order valence-corrected chi connectivity index (χ1v) is 11.8. The molecule has 6 nitrogen and oxygen atoms in total. The average molecular weight is 513 g/mol. The Hall–Kier alpha value is -3.84. The number of rotatable bonds is 2. The van der Waals surface area contributed by atoms with Crippen LogP contribution in [0.1, 0.15) is 17.3 Å². The summed E-state index contributed by atoms with van der Waals surface area (Å²) in [6.45, 7) is 0. The molecule has 6 rings (SSSR count). The highest BCUT2D eigenvalue weighted by molar-refractivity contribution is 9.10. The highest BCUT2D eigenvalue weighted by atomic mass is 79.9. The molecule has 0 spiro atoms. The first-order valence-electron chi connectivity index (χ1n) is 11.0. The van der Waals surface area contributed by atoms with Gasteiger partial charge in [0.25, 0.3) is 5.56 Å². The summed E-state index contributed by atoms with van der Waals surface area (Å²) in [7, 11) is 3.27. The van der Waals surface area contributed by atoms with E-state index in [1.807, 2.05) is 66.7 Å². The van der Waals surface area contributed by atoms with Crippen molar-refractivity contribution >= 4 is 32.5 Å². The number of halogens is 1. The maximum absolute atomic E-state index is 13.7. The standard InChI is InChI=1S/C27H21BrN4O2/c1-30-24-21(26(33)31(2)27(30)34)23(17-12-6-7-13-18(17)28)32-20-15-9-8-14-19(20)29-22(25(24)32)16-10-4-3-5-11-16/h3-15,22,29H,1-2H3. The molecule has 5 aromatic rings. The van der Waals surface area contributed by atoms with Gasteiger partial charge in [-0.05, 0) is 23.8 Å². The molecule has 3 heterocycles. The Bertz CT molecular complexity index is 1710. The van der Waals surface area contributed by atoms with Crippen LogP contribution in [-0.4, -0.2) is 13.7 Å². The Morgan fingerprint density at radius 2 is 1.50 bits per heavy atom. The van der Waals surface area contributed by atoms with Gasteiger partial charge >= 0.3 is 5.69 Å². The van der Waals surface area contributed by atoms with Crippen molar-refractivity contribution in [1.82, 2.24) is 13.7 Å². The molecule has 168 valence electrons. The first kappa shape index (κ1) is 20.7. The van der Waals surface area contributed by atoms with Crippen LogP contribution in [0.15, 0.2) is 92.9 Å². The Labute approximate surface area is 203 Å². The van der Waals surface area contributed by atoms with Gasteiger partial charge in [0.1, 0.15) is 0 Å². The maximum atomic E-state index is 13.7. The number of nitrogens with zero attached hydrogens (tertiary/aromatic N) is 3. The van der Waals surface area contributed by atoms with Crippen molar-refractivity contribution in [3.05, 3.63) is 115 Å². The van der Waals surface area contributed by atoms with E-state index in [9.17, 15) is 9.59 Å². The van der Waals surface area contributed by atoms with Gasteiger partial charge in [-0.2, -0.15) is 0 Å². The van der Waals surface area contributed by atoms with Gasteiger partial charge in [0, 0.05) is 24.1 Å². The van der Waals surface area contributed by atoms with Crippen LogP contribution in [0.4, 0.5) is 5.69 Å². The number of hydrogen-bond acceptors (Lipinski definition) is 3.